The van der Waals surface area contributed by atoms with E-state index in [2.05, 4.69) is 5.10 Å². The van der Waals surface area contributed by atoms with Gasteiger partial charge in [-0.2, -0.15) is 5.10 Å². The summed E-state index contributed by atoms with van der Waals surface area (Å²) < 4.78 is 1.78. The molecule has 1 saturated heterocycles. The first-order chi connectivity index (χ1) is 13.1. The summed E-state index contributed by atoms with van der Waals surface area (Å²) >= 11 is 0. The number of hydrogen-bond donors (Lipinski definition) is 1. The van der Waals surface area contributed by atoms with E-state index in [1.807, 2.05) is 53.3 Å². The van der Waals surface area contributed by atoms with Crippen molar-refractivity contribution in [3.8, 4) is 5.69 Å². The second-order valence-electron chi connectivity index (χ2n) is 6.87. The van der Waals surface area contributed by atoms with Crippen LogP contribution in [0.5, 0.6) is 0 Å². The van der Waals surface area contributed by atoms with Crippen LogP contribution in [-0.4, -0.2) is 68.8 Å². The van der Waals surface area contributed by atoms with E-state index in [9.17, 15) is 9.59 Å². The van der Waals surface area contributed by atoms with E-state index >= 15 is 0 Å². The van der Waals surface area contributed by atoms with Crippen molar-refractivity contribution >= 4 is 11.9 Å². The van der Waals surface area contributed by atoms with E-state index < -0.39 is 5.97 Å². The number of hydrogen-bond acceptors (Lipinski definition) is 4. The van der Waals surface area contributed by atoms with Gasteiger partial charge in [0.25, 0.3) is 0 Å². The smallest absolute Gasteiger partial charge is 0.317 e. The van der Waals surface area contributed by atoms with Gasteiger partial charge in [0.2, 0.25) is 5.91 Å². The topological polar surface area (TPSA) is 78.7 Å². The normalized spacial score (nSPS) is 15.3. The zero-order valence-electron chi connectivity index (χ0n) is 15.6. The molecule has 144 valence electrons. The lowest BCUT2D eigenvalue weighted by Crippen LogP contribution is -2.48. The molecule has 7 heteroatoms. The van der Waals surface area contributed by atoms with Crippen LogP contribution in [0.2, 0.25) is 0 Å². The van der Waals surface area contributed by atoms with Crippen molar-refractivity contribution < 1.29 is 14.7 Å². The Morgan fingerprint density at radius 3 is 2.56 bits per heavy atom. The second-order valence-corrected chi connectivity index (χ2v) is 6.87. The molecule has 27 heavy (non-hydrogen) atoms. The van der Waals surface area contributed by atoms with Crippen molar-refractivity contribution in [1.29, 1.82) is 0 Å². The van der Waals surface area contributed by atoms with E-state index in [1.54, 1.807) is 10.9 Å². The molecule has 0 aliphatic carbocycles. The quantitative estimate of drug-likeness (QED) is 0.804. The summed E-state index contributed by atoms with van der Waals surface area (Å²) in [5, 5.41) is 13.4. The molecule has 0 radical (unpaired) electrons. The number of rotatable bonds is 7. The Bertz CT molecular complexity index is 767. The minimum atomic E-state index is -0.800. The fraction of sp³-hybridized carbons (Fsp3) is 0.450. The van der Waals surface area contributed by atoms with Gasteiger partial charge in [0.1, 0.15) is 0 Å². The van der Waals surface area contributed by atoms with Gasteiger partial charge in [-0.05, 0) is 37.1 Å². The molecule has 0 spiro atoms. The number of carboxylic acid groups (broad SMARTS) is 1. The lowest BCUT2D eigenvalue weighted by atomic mass is 10.0. The predicted molar refractivity (Wildman–Crippen MR) is 102 cm³/mol. The third kappa shape index (κ3) is 4.95. The molecule has 0 saturated carbocycles. The largest absolute Gasteiger partial charge is 0.480 e. The summed E-state index contributed by atoms with van der Waals surface area (Å²) in [5.74, 6) is -0.701. The molecule has 1 aliphatic heterocycles. The molecule has 1 fully saturated rings. The Hall–Kier alpha value is -2.67. The summed E-state index contributed by atoms with van der Waals surface area (Å²) in [6, 6.07) is 10.0. The molecule has 1 amide bonds. The van der Waals surface area contributed by atoms with Crippen molar-refractivity contribution in [3.05, 3.63) is 48.3 Å². The first-order valence-corrected chi connectivity index (χ1v) is 9.39. The predicted octanol–water partition coefficient (Wildman–Crippen LogP) is 1.81. The van der Waals surface area contributed by atoms with E-state index in [0.29, 0.717) is 26.1 Å². The zero-order chi connectivity index (χ0) is 19.2. The van der Waals surface area contributed by atoms with Crippen molar-refractivity contribution in [3.63, 3.8) is 0 Å². The van der Waals surface area contributed by atoms with Crippen LogP contribution >= 0.6 is 0 Å². The van der Waals surface area contributed by atoms with E-state index in [0.717, 1.165) is 24.1 Å². The van der Waals surface area contributed by atoms with Crippen LogP contribution in [0, 0.1) is 0 Å². The maximum atomic E-state index is 12.6. The van der Waals surface area contributed by atoms with Crippen molar-refractivity contribution in [2.45, 2.75) is 32.2 Å². The van der Waals surface area contributed by atoms with Crippen molar-refractivity contribution in [1.82, 2.24) is 19.6 Å². The monoisotopic (exact) mass is 370 g/mol. The maximum absolute atomic E-state index is 12.6. The molecule has 0 atom stereocenters. The second kappa shape index (κ2) is 8.81. The Labute approximate surface area is 159 Å². The first kappa shape index (κ1) is 19.1. The summed E-state index contributed by atoms with van der Waals surface area (Å²) in [7, 11) is 0. The Morgan fingerprint density at radius 2 is 1.93 bits per heavy atom. The fourth-order valence-corrected chi connectivity index (χ4v) is 3.61. The van der Waals surface area contributed by atoms with Gasteiger partial charge in [-0.3, -0.25) is 14.5 Å². The standard InChI is InChI=1S/C20H26N4O3/c1-2-22(15-20(26)27)17-8-10-23(11-9-17)19(25)12-16-13-21-24(14-16)18-6-4-3-5-7-18/h3-7,13-14,17H,2,8-12,15H2,1H3,(H,26,27). The van der Waals surface area contributed by atoms with E-state index in [4.69, 9.17) is 5.11 Å². The lowest BCUT2D eigenvalue weighted by molar-refractivity contribution is -0.140. The number of carboxylic acids is 1. The zero-order valence-corrected chi connectivity index (χ0v) is 15.6. The average Bonchev–Trinajstić information content (AvgIpc) is 3.15. The molecule has 0 bridgehead atoms. The third-order valence-electron chi connectivity index (χ3n) is 5.09. The number of nitrogens with zero attached hydrogens (tertiary/aromatic N) is 4. The minimum absolute atomic E-state index is 0.0633. The first-order valence-electron chi connectivity index (χ1n) is 9.39. The molecule has 1 N–H and O–H groups in total. The molecule has 1 aliphatic rings. The Morgan fingerprint density at radius 1 is 1.22 bits per heavy atom. The lowest BCUT2D eigenvalue weighted by Gasteiger charge is -2.37. The number of carbonyl (C=O) groups excluding carboxylic acids is 1. The van der Waals surface area contributed by atoms with Gasteiger partial charge in [-0.25, -0.2) is 4.68 Å². The molecular weight excluding hydrogens is 344 g/mol. The molecule has 2 aromatic rings. The summed E-state index contributed by atoms with van der Waals surface area (Å²) in [6.45, 7) is 4.10. The van der Waals surface area contributed by atoms with Crippen LogP contribution in [0.25, 0.3) is 5.69 Å². The van der Waals surface area contributed by atoms with E-state index in [1.165, 1.54) is 0 Å². The summed E-state index contributed by atoms with van der Waals surface area (Å²) in [6.07, 6.45) is 5.60. The third-order valence-corrected chi connectivity index (χ3v) is 5.09. The highest BCUT2D eigenvalue weighted by Gasteiger charge is 2.27. The highest BCUT2D eigenvalue weighted by Crippen LogP contribution is 2.18. The van der Waals surface area contributed by atoms with Gasteiger partial charge < -0.3 is 10.0 Å². The molecule has 2 heterocycles. The van der Waals surface area contributed by atoms with Crippen LogP contribution in [0.3, 0.4) is 0 Å². The molecule has 7 nitrogen and oxygen atoms in total. The van der Waals surface area contributed by atoms with Gasteiger partial charge >= 0.3 is 5.97 Å². The fourth-order valence-electron chi connectivity index (χ4n) is 3.61. The molecule has 0 unspecified atom stereocenters. The number of aliphatic carboxylic acids is 1. The van der Waals surface area contributed by atoms with E-state index in [-0.39, 0.29) is 18.5 Å². The number of carbonyl (C=O) groups is 2. The van der Waals surface area contributed by atoms with Crippen LogP contribution in [0.1, 0.15) is 25.3 Å². The van der Waals surface area contributed by atoms with Crippen molar-refractivity contribution in [2.24, 2.45) is 0 Å². The highest BCUT2D eigenvalue weighted by molar-refractivity contribution is 5.78. The van der Waals surface area contributed by atoms with Gasteiger partial charge in [-0.15, -0.1) is 0 Å². The van der Waals surface area contributed by atoms with Gasteiger partial charge in [0, 0.05) is 25.3 Å². The van der Waals surface area contributed by atoms with Crippen molar-refractivity contribution in [2.75, 3.05) is 26.2 Å². The maximum Gasteiger partial charge on any atom is 0.317 e. The number of piperidine rings is 1. The van der Waals surface area contributed by atoms with Gasteiger partial charge in [0.15, 0.2) is 0 Å². The average molecular weight is 370 g/mol. The molecule has 3 rings (SSSR count). The van der Waals surface area contributed by atoms with Crippen LogP contribution in [0.15, 0.2) is 42.7 Å². The number of likely N-dealkylation sites (N-methyl/N-ethyl adjacent to an activating group) is 1. The number of benzene rings is 1. The SMILES string of the molecule is CCN(CC(=O)O)C1CCN(C(=O)Cc2cnn(-c3ccccc3)c2)CC1. The Balaban J connectivity index is 1.53. The number of amides is 1. The number of likely N-dealkylation sites (tertiary alicyclic amines) is 1. The molecule has 1 aromatic heterocycles. The number of aromatic nitrogens is 2. The van der Waals surface area contributed by atoms with Crippen LogP contribution in [-0.2, 0) is 16.0 Å². The Kier molecular flexibility index (Phi) is 6.24. The molecule has 1 aromatic carbocycles. The van der Waals surface area contributed by atoms with Crippen LogP contribution in [0.4, 0.5) is 0 Å². The minimum Gasteiger partial charge on any atom is -0.480 e. The summed E-state index contributed by atoms with van der Waals surface area (Å²) in [4.78, 5) is 27.5. The highest BCUT2D eigenvalue weighted by atomic mass is 16.4. The van der Waals surface area contributed by atoms with Gasteiger partial charge in [0.05, 0.1) is 24.8 Å². The summed E-state index contributed by atoms with van der Waals surface area (Å²) in [5.41, 5.74) is 1.86. The molecular formula is C20H26N4O3. The van der Waals surface area contributed by atoms with Gasteiger partial charge in [-0.1, -0.05) is 25.1 Å². The number of para-hydroxylation sites is 1. The van der Waals surface area contributed by atoms with Crippen LogP contribution < -0.4 is 0 Å².